The number of rotatable bonds is 2. The van der Waals surface area contributed by atoms with Crippen LogP contribution >= 0.6 is 11.6 Å². The van der Waals surface area contributed by atoms with Gasteiger partial charge < -0.3 is 10.6 Å². The molecule has 1 aliphatic heterocycles. The van der Waals surface area contributed by atoms with Crippen molar-refractivity contribution in [1.82, 2.24) is 15.0 Å². The molecule has 0 aliphatic carbocycles. The summed E-state index contributed by atoms with van der Waals surface area (Å²) in [4.78, 5) is 24.5. The van der Waals surface area contributed by atoms with Crippen molar-refractivity contribution in [3.05, 3.63) is 11.6 Å². The van der Waals surface area contributed by atoms with E-state index in [-0.39, 0.29) is 17.2 Å². The minimum Gasteiger partial charge on any atom is -0.368 e. The van der Waals surface area contributed by atoms with Crippen molar-refractivity contribution < 1.29 is 4.79 Å². The van der Waals surface area contributed by atoms with Gasteiger partial charge in [-0.1, -0.05) is 0 Å². The van der Waals surface area contributed by atoms with E-state index < -0.39 is 0 Å². The van der Waals surface area contributed by atoms with Crippen LogP contribution in [0.1, 0.15) is 12.8 Å². The van der Waals surface area contributed by atoms with Gasteiger partial charge in [-0.25, -0.2) is 9.97 Å². The molecule has 0 spiro atoms. The Kier molecular flexibility index (Phi) is 2.68. The summed E-state index contributed by atoms with van der Waals surface area (Å²) in [6.07, 6.45) is 2.95. The zero-order valence-corrected chi connectivity index (χ0v) is 8.68. The number of carbonyl (C=O) groups is 1. The summed E-state index contributed by atoms with van der Waals surface area (Å²) >= 11 is 5.65. The fourth-order valence-electron chi connectivity index (χ4n) is 1.71. The quantitative estimate of drug-likeness (QED) is 0.768. The van der Waals surface area contributed by atoms with E-state index in [1.165, 1.54) is 6.33 Å². The van der Waals surface area contributed by atoms with Gasteiger partial charge in [-0.3, -0.25) is 4.79 Å². The van der Waals surface area contributed by atoms with Crippen molar-refractivity contribution in [3.8, 4) is 0 Å². The normalized spacial score (nSPS) is 20.6. The average Bonchev–Trinajstić information content (AvgIpc) is 2.65. The molecule has 6 nitrogen and oxygen atoms in total. The van der Waals surface area contributed by atoms with E-state index in [0.29, 0.717) is 12.5 Å². The summed E-state index contributed by atoms with van der Waals surface area (Å²) in [5.41, 5.74) is 5.28. The first kappa shape index (κ1) is 10.1. The van der Waals surface area contributed by atoms with Crippen LogP contribution in [0.5, 0.6) is 0 Å². The van der Waals surface area contributed by atoms with E-state index in [9.17, 15) is 4.79 Å². The Morgan fingerprint density at radius 3 is 3.07 bits per heavy atom. The van der Waals surface area contributed by atoms with Gasteiger partial charge in [0, 0.05) is 6.54 Å². The molecular weight excluding hydrogens is 218 g/mol. The smallest absolute Gasteiger partial charge is 0.240 e. The van der Waals surface area contributed by atoms with E-state index in [2.05, 4.69) is 15.0 Å². The lowest BCUT2D eigenvalue weighted by Gasteiger charge is -2.21. The van der Waals surface area contributed by atoms with Crippen molar-refractivity contribution in [3.63, 3.8) is 0 Å². The molecule has 2 heterocycles. The zero-order chi connectivity index (χ0) is 10.8. The molecule has 0 bridgehead atoms. The third-order valence-corrected chi connectivity index (χ3v) is 2.55. The molecule has 1 amide bonds. The Hall–Kier alpha value is -1.43. The van der Waals surface area contributed by atoms with Gasteiger partial charge in [-0.15, -0.1) is 0 Å². The van der Waals surface area contributed by atoms with Gasteiger partial charge in [-0.05, 0) is 24.4 Å². The fraction of sp³-hybridized carbons (Fsp3) is 0.500. The predicted molar refractivity (Wildman–Crippen MR) is 54.4 cm³/mol. The first-order valence-electron chi connectivity index (χ1n) is 4.59. The molecule has 15 heavy (non-hydrogen) atoms. The first-order chi connectivity index (χ1) is 7.18. The highest BCUT2D eigenvalue weighted by atomic mass is 35.5. The lowest BCUT2D eigenvalue weighted by molar-refractivity contribution is -0.119. The van der Waals surface area contributed by atoms with Gasteiger partial charge in [0.25, 0.3) is 0 Å². The second-order valence-corrected chi connectivity index (χ2v) is 3.65. The second-order valence-electron chi connectivity index (χ2n) is 3.31. The SMILES string of the molecule is NC(=O)[C@@H]1CCCN1c1ncnc(Cl)n1. The maximum atomic E-state index is 11.1. The molecule has 1 aliphatic rings. The first-order valence-corrected chi connectivity index (χ1v) is 4.97. The predicted octanol–water partition coefficient (Wildman–Crippen LogP) is -0.0209. The maximum Gasteiger partial charge on any atom is 0.240 e. The molecule has 1 aromatic heterocycles. The molecule has 7 heteroatoms. The Bertz CT molecular complexity index is 385. The number of hydrogen-bond acceptors (Lipinski definition) is 5. The van der Waals surface area contributed by atoms with E-state index in [1.807, 2.05) is 0 Å². The summed E-state index contributed by atoms with van der Waals surface area (Å²) in [5.74, 6) is 0.0559. The van der Waals surface area contributed by atoms with E-state index in [4.69, 9.17) is 17.3 Å². The number of carbonyl (C=O) groups excluding carboxylic acids is 1. The molecular formula is C8H10ClN5O. The Morgan fingerprint density at radius 1 is 1.60 bits per heavy atom. The monoisotopic (exact) mass is 227 g/mol. The van der Waals surface area contributed by atoms with Crippen LogP contribution in [0.25, 0.3) is 0 Å². The number of aromatic nitrogens is 3. The number of halogens is 1. The zero-order valence-electron chi connectivity index (χ0n) is 7.93. The molecule has 0 unspecified atom stereocenters. The molecule has 1 atom stereocenters. The van der Waals surface area contributed by atoms with Crippen LogP contribution < -0.4 is 10.6 Å². The average molecular weight is 228 g/mol. The van der Waals surface area contributed by atoms with Crippen molar-refractivity contribution in [2.75, 3.05) is 11.4 Å². The second kappa shape index (κ2) is 3.98. The molecule has 0 aromatic carbocycles. The largest absolute Gasteiger partial charge is 0.368 e. The van der Waals surface area contributed by atoms with Gasteiger partial charge in [0.05, 0.1) is 0 Å². The van der Waals surface area contributed by atoms with E-state index in [0.717, 1.165) is 12.8 Å². The van der Waals surface area contributed by atoms with Crippen LogP contribution in [0.2, 0.25) is 5.28 Å². The molecule has 0 radical (unpaired) electrons. The lowest BCUT2D eigenvalue weighted by Crippen LogP contribution is -2.41. The molecule has 1 aromatic rings. The minimum absolute atomic E-state index is 0.120. The molecule has 1 fully saturated rings. The number of nitrogens with zero attached hydrogens (tertiary/aromatic N) is 4. The maximum absolute atomic E-state index is 11.1. The van der Waals surface area contributed by atoms with Crippen molar-refractivity contribution in [1.29, 1.82) is 0 Å². The van der Waals surface area contributed by atoms with E-state index in [1.54, 1.807) is 4.90 Å². The summed E-state index contributed by atoms with van der Waals surface area (Å²) in [6, 6.07) is -0.330. The Labute approximate surface area is 91.5 Å². The number of primary amides is 1. The summed E-state index contributed by atoms with van der Waals surface area (Å²) in [6.45, 7) is 0.716. The van der Waals surface area contributed by atoms with Gasteiger partial charge in [0.1, 0.15) is 12.4 Å². The number of hydrogen-bond donors (Lipinski definition) is 1. The molecule has 1 saturated heterocycles. The van der Waals surface area contributed by atoms with Crippen LogP contribution in [0, 0.1) is 0 Å². The van der Waals surface area contributed by atoms with Crippen molar-refractivity contribution >= 4 is 23.5 Å². The van der Waals surface area contributed by atoms with Gasteiger partial charge in [0.15, 0.2) is 0 Å². The van der Waals surface area contributed by atoms with Crippen LogP contribution in [-0.2, 0) is 4.79 Å². The van der Waals surface area contributed by atoms with Crippen LogP contribution in [0.4, 0.5) is 5.95 Å². The highest BCUT2D eigenvalue weighted by Gasteiger charge is 2.30. The van der Waals surface area contributed by atoms with Crippen molar-refractivity contribution in [2.24, 2.45) is 5.73 Å². The minimum atomic E-state index is -0.357. The topological polar surface area (TPSA) is 85.0 Å². The van der Waals surface area contributed by atoms with Gasteiger partial charge in [-0.2, -0.15) is 4.98 Å². The number of anilines is 1. The van der Waals surface area contributed by atoms with Crippen molar-refractivity contribution in [2.45, 2.75) is 18.9 Å². The Balaban J connectivity index is 2.26. The summed E-state index contributed by atoms with van der Waals surface area (Å²) < 4.78 is 0. The number of nitrogens with two attached hydrogens (primary N) is 1. The standard InChI is InChI=1S/C8H10ClN5O/c9-7-11-4-12-8(13-7)14-3-1-2-5(14)6(10)15/h4-5H,1-3H2,(H2,10,15)/t5-/m0/s1. The summed E-state index contributed by atoms with van der Waals surface area (Å²) in [5, 5.41) is 0.120. The lowest BCUT2D eigenvalue weighted by atomic mass is 10.2. The molecule has 0 saturated carbocycles. The van der Waals surface area contributed by atoms with Gasteiger partial charge >= 0.3 is 0 Å². The highest BCUT2D eigenvalue weighted by molar-refractivity contribution is 6.28. The molecule has 80 valence electrons. The van der Waals surface area contributed by atoms with Gasteiger partial charge in [0.2, 0.25) is 17.1 Å². The third-order valence-electron chi connectivity index (χ3n) is 2.37. The van der Waals surface area contributed by atoms with Crippen LogP contribution in [0.3, 0.4) is 0 Å². The number of amides is 1. The van der Waals surface area contributed by atoms with E-state index >= 15 is 0 Å². The van der Waals surface area contributed by atoms with Crippen LogP contribution in [0.15, 0.2) is 6.33 Å². The highest BCUT2D eigenvalue weighted by Crippen LogP contribution is 2.22. The summed E-state index contributed by atoms with van der Waals surface area (Å²) in [7, 11) is 0. The Morgan fingerprint density at radius 2 is 2.40 bits per heavy atom. The third kappa shape index (κ3) is 1.99. The molecule has 2 N–H and O–H groups in total. The molecule has 2 rings (SSSR count). The van der Waals surface area contributed by atoms with Crippen LogP contribution in [-0.4, -0.2) is 33.4 Å². The fourth-order valence-corrected chi connectivity index (χ4v) is 1.83.